The van der Waals surface area contributed by atoms with Gasteiger partial charge in [0.15, 0.2) is 5.96 Å². The molecule has 1 aliphatic rings. The number of carbonyl (C=O) groups excluding carboxylic acids is 1. The number of guanidine groups is 1. The number of piperazine rings is 1. The van der Waals surface area contributed by atoms with E-state index in [1.807, 2.05) is 17.9 Å². The Bertz CT molecular complexity index is 556. The number of carbonyl (C=O) groups is 1. The van der Waals surface area contributed by atoms with Gasteiger partial charge in [0.1, 0.15) is 0 Å². The number of aliphatic imine (C=N–C) groups is 1. The van der Waals surface area contributed by atoms with Gasteiger partial charge in [-0.3, -0.25) is 9.79 Å². The molecule has 1 amide bonds. The van der Waals surface area contributed by atoms with Crippen molar-refractivity contribution in [3.8, 4) is 0 Å². The van der Waals surface area contributed by atoms with Crippen LogP contribution in [0.2, 0.25) is 0 Å². The molecular weight excluding hydrogens is 330 g/mol. The lowest BCUT2D eigenvalue weighted by Crippen LogP contribution is -2.50. The second-order valence-electron chi connectivity index (χ2n) is 6.21. The van der Waals surface area contributed by atoms with E-state index >= 15 is 0 Å². The van der Waals surface area contributed by atoms with E-state index in [1.165, 1.54) is 0 Å². The Morgan fingerprint density at radius 2 is 1.88 bits per heavy atom. The summed E-state index contributed by atoms with van der Waals surface area (Å²) < 4.78 is 0. The van der Waals surface area contributed by atoms with Crippen LogP contribution in [0.3, 0.4) is 0 Å². The minimum atomic E-state index is 0.176. The molecule has 0 spiro atoms. The average molecular weight is 361 g/mol. The van der Waals surface area contributed by atoms with Crippen molar-refractivity contribution >= 4 is 17.8 Å². The lowest BCUT2D eigenvalue weighted by atomic mass is 10.3. The molecule has 0 unspecified atom stereocenters. The standard InChI is InChI=1S/C18H31N7O/c1-3-5-8-20-17(19-4-2)21-11-7-16(26)24-12-14-25(15-13-24)18-22-9-6-10-23-18/h6,9-10H,3-5,7-8,11-15H2,1-2H3,(H2,19,20,21). The molecule has 0 atom stereocenters. The number of rotatable bonds is 8. The minimum absolute atomic E-state index is 0.176. The van der Waals surface area contributed by atoms with Gasteiger partial charge in [0.05, 0.1) is 0 Å². The van der Waals surface area contributed by atoms with E-state index < -0.39 is 0 Å². The fourth-order valence-corrected chi connectivity index (χ4v) is 2.75. The quantitative estimate of drug-likeness (QED) is 0.406. The van der Waals surface area contributed by atoms with E-state index in [1.54, 1.807) is 12.4 Å². The monoisotopic (exact) mass is 361 g/mol. The molecule has 1 saturated heterocycles. The van der Waals surface area contributed by atoms with E-state index in [4.69, 9.17) is 0 Å². The summed E-state index contributed by atoms with van der Waals surface area (Å²) in [5.74, 6) is 1.70. The fourth-order valence-electron chi connectivity index (χ4n) is 2.75. The van der Waals surface area contributed by atoms with Crippen molar-refractivity contribution in [3.63, 3.8) is 0 Å². The summed E-state index contributed by atoms with van der Waals surface area (Å²) >= 11 is 0. The van der Waals surface area contributed by atoms with Gasteiger partial charge in [0, 0.05) is 64.6 Å². The SMILES string of the molecule is CCCCN=C(NCC)NCCC(=O)N1CCN(c2ncccn2)CC1. The van der Waals surface area contributed by atoms with Crippen LogP contribution in [0.15, 0.2) is 23.5 Å². The van der Waals surface area contributed by atoms with E-state index in [9.17, 15) is 4.79 Å². The molecule has 8 nitrogen and oxygen atoms in total. The van der Waals surface area contributed by atoms with Crippen LogP contribution in [0, 0.1) is 0 Å². The maximum Gasteiger partial charge on any atom is 0.225 e. The molecule has 1 aromatic heterocycles. The predicted octanol–water partition coefficient (Wildman–Crippen LogP) is 0.871. The number of unbranched alkanes of at least 4 members (excludes halogenated alkanes) is 1. The summed E-state index contributed by atoms with van der Waals surface area (Å²) in [6, 6.07) is 1.81. The summed E-state index contributed by atoms with van der Waals surface area (Å²) in [4.78, 5) is 29.5. The molecule has 1 fully saturated rings. The van der Waals surface area contributed by atoms with Gasteiger partial charge >= 0.3 is 0 Å². The molecule has 2 rings (SSSR count). The van der Waals surface area contributed by atoms with E-state index in [0.717, 1.165) is 50.9 Å². The Morgan fingerprint density at radius 1 is 1.15 bits per heavy atom. The Labute approximate surface area is 156 Å². The van der Waals surface area contributed by atoms with Crippen LogP contribution < -0.4 is 15.5 Å². The highest BCUT2D eigenvalue weighted by atomic mass is 16.2. The third-order valence-corrected chi connectivity index (χ3v) is 4.22. The van der Waals surface area contributed by atoms with Crippen molar-refractivity contribution in [2.75, 3.05) is 50.7 Å². The molecule has 1 aliphatic heterocycles. The molecule has 144 valence electrons. The molecule has 2 N–H and O–H groups in total. The number of amides is 1. The van der Waals surface area contributed by atoms with Crippen LogP contribution in [0.5, 0.6) is 0 Å². The number of anilines is 1. The fraction of sp³-hybridized carbons (Fsp3) is 0.667. The zero-order valence-electron chi connectivity index (χ0n) is 15.9. The Hall–Kier alpha value is -2.38. The minimum Gasteiger partial charge on any atom is -0.357 e. The zero-order chi connectivity index (χ0) is 18.6. The smallest absolute Gasteiger partial charge is 0.225 e. The molecule has 0 saturated carbocycles. The van der Waals surface area contributed by atoms with Gasteiger partial charge in [-0.2, -0.15) is 0 Å². The van der Waals surface area contributed by atoms with Crippen LogP contribution >= 0.6 is 0 Å². The van der Waals surface area contributed by atoms with Crippen LogP contribution in [0.4, 0.5) is 5.95 Å². The van der Waals surface area contributed by atoms with Crippen molar-refractivity contribution < 1.29 is 4.79 Å². The maximum absolute atomic E-state index is 12.4. The average Bonchev–Trinajstić information content (AvgIpc) is 2.69. The second-order valence-corrected chi connectivity index (χ2v) is 6.21. The first-order valence-corrected chi connectivity index (χ1v) is 9.56. The van der Waals surface area contributed by atoms with Gasteiger partial charge in [-0.15, -0.1) is 0 Å². The maximum atomic E-state index is 12.4. The van der Waals surface area contributed by atoms with Gasteiger partial charge in [0.25, 0.3) is 0 Å². The Balaban J connectivity index is 1.70. The molecule has 0 radical (unpaired) electrons. The van der Waals surface area contributed by atoms with Gasteiger partial charge < -0.3 is 20.4 Å². The van der Waals surface area contributed by atoms with Crippen molar-refractivity contribution in [1.82, 2.24) is 25.5 Å². The first-order valence-electron chi connectivity index (χ1n) is 9.56. The van der Waals surface area contributed by atoms with E-state index in [0.29, 0.717) is 26.1 Å². The number of nitrogens with one attached hydrogen (secondary N) is 2. The summed E-state index contributed by atoms with van der Waals surface area (Å²) in [5, 5.41) is 6.46. The number of aromatic nitrogens is 2. The van der Waals surface area contributed by atoms with Crippen LogP contribution in [0.1, 0.15) is 33.1 Å². The molecule has 0 bridgehead atoms. The lowest BCUT2D eigenvalue weighted by molar-refractivity contribution is -0.131. The Morgan fingerprint density at radius 3 is 2.54 bits per heavy atom. The second kappa shape index (κ2) is 11.3. The number of nitrogens with zero attached hydrogens (tertiary/aromatic N) is 5. The van der Waals surface area contributed by atoms with Crippen LogP contribution in [0.25, 0.3) is 0 Å². The highest BCUT2D eigenvalue weighted by Gasteiger charge is 2.22. The van der Waals surface area contributed by atoms with Gasteiger partial charge in [0.2, 0.25) is 11.9 Å². The zero-order valence-corrected chi connectivity index (χ0v) is 15.9. The number of hydrogen-bond acceptors (Lipinski definition) is 5. The third-order valence-electron chi connectivity index (χ3n) is 4.22. The largest absolute Gasteiger partial charge is 0.357 e. The highest BCUT2D eigenvalue weighted by Crippen LogP contribution is 2.10. The number of hydrogen-bond donors (Lipinski definition) is 2. The lowest BCUT2D eigenvalue weighted by Gasteiger charge is -2.34. The highest BCUT2D eigenvalue weighted by molar-refractivity contribution is 5.81. The molecule has 26 heavy (non-hydrogen) atoms. The third kappa shape index (κ3) is 6.50. The van der Waals surface area contributed by atoms with Crippen molar-refractivity contribution in [1.29, 1.82) is 0 Å². The van der Waals surface area contributed by atoms with Crippen LogP contribution in [-0.4, -0.2) is 72.5 Å². The summed E-state index contributed by atoms with van der Waals surface area (Å²) in [6.07, 6.45) is 6.16. The van der Waals surface area contributed by atoms with E-state index in [-0.39, 0.29) is 5.91 Å². The molecule has 2 heterocycles. The van der Waals surface area contributed by atoms with Gasteiger partial charge in [-0.1, -0.05) is 13.3 Å². The topological polar surface area (TPSA) is 85.8 Å². The molecule has 0 aliphatic carbocycles. The van der Waals surface area contributed by atoms with Gasteiger partial charge in [-0.05, 0) is 19.4 Å². The summed E-state index contributed by atoms with van der Waals surface area (Å²) in [6.45, 7) is 9.37. The summed E-state index contributed by atoms with van der Waals surface area (Å²) in [7, 11) is 0. The summed E-state index contributed by atoms with van der Waals surface area (Å²) in [5.41, 5.74) is 0. The molecular formula is C18H31N7O. The first kappa shape index (κ1) is 19.9. The molecule has 8 heteroatoms. The predicted molar refractivity (Wildman–Crippen MR) is 104 cm³/mol. The first-order chi connectivity index (χ1) is 12.7. The van der Waals surface area contributed by atoms with Crippen molar-refractivity contribution in [3.05, 3.63) is 18.5 Å². The van der Waals surface area contributed by atoms with Gasteiger partial charge in [-0.25, -0.2) is 9.97 Å². The van der Waals surface area contributed by atoms with Crippen molar-refractivity contribution in [2.24, 2.45) is 4.99 Å². The van der Waals surface area contributed by atoms with Crippen LogP contribution in [-0.2, 0) is 4.79 Å². The van der Waals surface area contributed by atoms with Crippen molar-refractivity contribution in [2.45, 2.75) is 33.1 Å². The Kier molecular flexibility index (Phi) is 8.65. The van der Waals surface area contributed by atoms with E-state index in [2.05, 4.69) is 37.4 Å². The molecule has 0 aromatic carbocycles. The molecule has 1 aromatic rings. The normalized spacial score (nSPS) is 15.1.